The standard InChI is InChI=1S/C15H21N3O/c1-4-10-17-15(16-5-2)18-11-13-8-6-7-9-14(13)12-19-3/h1,6-9H,5,10-12H2,2-3H3,(H2,16,17,18). The predicted molar refractivity (Wildman–Crippen MR) is 78.8 cm³/mol. The second kappa shape index (κ2) is 9.01. The zero-order valence-electron chi connectivity index (χ0n) is 11.6. The first kappa shape index (κ1) is 15.1. The van der Waals surface area contributed by atoms with E-state index in [0.717, 1.165) is 23.6 Å². The van der Waals surface area contributed by atoms with E-state index in [4.69, 9.17) is 11.2 Å². The number of benzene rings is 1. The van der Waals surface area contributed by atoms with Crippen LogP contribution in [0.5, 0.6) is 0 Å². The lowest BCUT2D eigenvalue weighted by Gasteiger charge is -2.10. The van der Waals surface area contributed by atoms with Crippen molar-refractivity contribution in [3.63, 3.8) is 0 Å². The van der Waals surface area contributed by atoms with E-state index in [1.165, 1.54) is 0 Å². The van der Waals surface area contributed by atoms with Crippen molar-refractivity contribution in [3.05, 3.63) is 35.4 Å². The van der Waals surface area contributed by atoms with Crippen LogP contribution in [0.4, 0.5) is 0 Å². The lowest BCUT2D eigenvalue weighted by molar-refractivity contribution is 0.184. The van der Waals surface area contributed by atoms with E-state index in [9.17, 15) is 0 Å². The average Bonchev–Trinajstić information content (AvgIpc) is 2.43. The van der Waals surface area contributed by atoms with E-state index in [0.29, 0.717) is 19.7 Å². The molecule has 1 rings (SSSR count). The fraction of sp³-hybridized carbons (Fsp3) is 0.400. The van der Waals surface area contributed by atoms with Crippen molar-refractivity contribution in [1.29, 1.82) is 0 Å². The van der Waals surface area contributed by atoms with Crippen molar-refractivity contribution in [2.45, 2.75) is 20.1 Å². The second-order valence-corrected chi connectivity index (χ2v) is 3.95. The lowest BCUT2D eigenvalue weighted by atomic mass is 10.1. The Balaban J connectivity index is 2.73. The van der Waals surface area contributed by atoms with Crippen molar-refractivity contribution < 1.29 is 4.74 Å². The van der Waals surface area contributed by atoms with E-state index in [-0.39, 0.29) is 0 Å². The number of nitrogens with one attached hydrogen (secondary N) is 2. The number of nitrogens with zero attached hydrogens (tertiary/aromatic N) is 1. The summed E-state index contributed by atoms with van der Waals surface area (Å²) in [5, 5.41) is 6.21. The van der Waals surface area contributed by atoms with Gasteiger partial charge in [0.05, 0.1) is 19.7 Å². The van der Waals surface area contributed by atoms with Gasteiger partial charge >= 0.3 is 0 Å². The number of aliphatic imine (C=N–C) groups is 1. The Bertz CT molecular complexity index is 449. The maximum absolute atomic E-state index is 5.23. The maximum atomic E-state index is 5.23. The molecule has 0 saturated carbocycles. The first-order valence-electron chi connectivity index (χ1n) is 6.33. The van der Waals surface area contributed by atoms with Gasteiger partial charge in [0.1, 0.15) is 0 Å². The summed E-state index contributed by atoms with van der Waals surface area (Å²) in [6, 6.07) is 8.12. The normalized spacial score (nSPS) is 10.9. The fourth-order valence-corrected chi connectivity index (χ4v) is 1.65. The first-order valence-corrected chi connectivity index (χ1v) is 6.33. The summed E-state index contributed by atoms with van der Waals surface area (Å²) in [4.78, 5) is 4.51. The van der Waals surface area contributed by atoms with Gasteiger partial charge in [-0.15, -0.1) is 6.42 Å². The summed E-state index contributed by atoms with van der Waals surface area (Å²) in [7, 11) is 1.69. The van der Waals surface area contributed by atoms with Crippen molar-refractivity contribution in [2.75, 3.05) is 20.2 Å². The quantitative estimate of drug-likeness (QED) is 0.462. The molecule has 1 aromatic rings. The highest BCUT2D eigenvalue weighted by atomic mass is 16.5. The molecule has 0 unspecified atom stereocenters. The molecule has 4 nitrogen and oxygen atoms in total. The number of rotatable bonds is 6. The van der Waals surface area contributed by atoms with Crippen LogP contribution >= 0.6 is 0 Å². The molecule has 4 heteroatoms. The van der Waals surface area contributed by atoms with Crippen LogP contribution < -0.4 is 10.6 Å². The molecule has 0 heterocycles. The molecule has 0 saturated heterocycles. The van der Waals surface area contributed by atoms with Crippen molar-refractivity contribution in [3.8, 4) is 12.3 Å². The molecule has 1 aromatic carbocycles. The van der Waals surface area contributed by atoms with E-state index in [1.807, 2.05) is 19.1 Å². The second-order valence-electron chi connectivity index (χ2n) is 3.95. The van der Waals surface area contributed by atoms with Gasteiger partial charge in [0.25, 0.3) is 0 Å². The minimum absolute atomic E-state index is 0.464. The molecule has 102 valence electrons. The summed E-state index contributed by atoms with van der Waals surface area (Å²) >= 11 is 0. The van der Waals surface area contributed by atoms with Gasteiger partial charge in [-0.25, -0.2) is 4.99 Å². The van der Waals surface area contributed by atoms with Gasteiger partial charge < -0.3 is 15.4 Å². The third-order valence-electron chi connectivity index (χ3n) is 2.53. The SMILES string of the molecule is C#CCNC(=NCc1ccccc1COC)NCC. The average molecular weight is 259 g/mol. The number of hydrogen-bond acceptors (Lipinski definition) is 2. The highest BCUT2D eigenvalue weighted by Gasteiger charge is 2.01. The Morgan fingerprint density at radius 2 is 2.05 bits per heavy atom. The molecule has 19 heavy (non-hydrogen) atoms. The summed E-state index contributed by atoms with van der Waals surface area (Å²) < 4.78 is 5.18. The van der Waals surface area contributed by atoms with Crippen LogP contribution in [-0.2, 0) is 17.9 Å². The molecule has 0 radical (unpaired) electrons. The van der Waals surface area contributed by atoms with Gasteiger partial charge in [-0.2, -0.15) is 0 Å². The molecule has 0 aliphatic heterocycles. The molecule has 0 fully saturated rings. The van der Waals surface area contributed by atoms with Gasteiger partial charge in [0, 0.05) is 13.7 Å². The molecule has 0 atom stereocenters. The van der Waals surface area contributed by atoms with Gasteiger partial charge in [-0.1, -0.05) is 30.2 Å². The smallest absolute Gasteiger partial charge is 0.192 e. The summed E-state index contributed by atoms with van der Waals surface area (Å²) in [6.45, 7) is 4.48. The monoisotopic (exact) mass is 259 g/mol. The van der Waals surface area contributed by atoms with E-state index >= 15 is 0 Å². The van der Waals surface area contributed by atoms with Crippen LogP contribution in [0.2, 0.25) is 0 Å². The van der Waals surface area contributed by atoms with Crippen molar-refractivity contribution in [2.24, 2.45) is 4.99 Å². The van der Waals surface area contributed by atoms with Crippen LogP contribution in [0.1, 0.15) is 18.1 Å². The molecular weight excluding hydrogens is 238 g/mol. The Morgan fingerprint density at radius 3 is 2.68 bits per heavy atom. The van der Waals surface area contributed by atoms with Crippen LogP contribution in [0, 0.1) is 12.3 Å². The Hall–Kier alpha value is -1.99. The summed E-state index contributed by atoms with van der Waals surface area (Å²) in [6.07, 6.45) is 5.23. The molecule has 0 bridgehead atoms. The fourth-order valence-electron chi connectivity index (χ4n) is 1.65. The molecule has 2 N–H and O–H groups in total. The van der Waals surface area contributed by atoms with E-state index < -0.39 is 0 Å². The highest BCUT2D eigenvalue weighted by Crippen LogP contribution is 2.10. The van der Waals surface area contributed by atoms with E-state index in [1.54, 1.807) is 7.11 Å². The zero-order chi connectivity index (χ0) is 13.9. The number of methoxy groups -OCH3 is 1. The molecular formula is C15H21N3O. The van der Waals surface area contributed by atoms with Gasteiger partial charge in [-0.3, -0.25) is 0 Å². The van der Waals surface area contributed by atoms with Gasteiger partial charge in [0.15, 0.2) is 5.96 Å². The number of ether oxygens (including phenoxy) is 1. The zero-order valence-corrected chi connectivity index (χ0v) is 11.6. The minimum Gasteiger partial charge on any atom is -0.380 e. The third-order valence-corrected chi connectivity index (χ3v) is 2.53. The Labute approximate surface area is 115 Å². The van der Waals surface area contributed by atoms with Crippen LogP contribution in [0.3, 0.4) is 0 Å². The topological polar surface area (TPSA) is 45.7 Å². The molecule has 0 aliphatic carbocycles. The van der Waals surface area contributed by atoms with Crippen molar-refractivity contribution in [1.82, 2.24) is 10.6 Å². The van der Waals surface area contributed by atoms with Crippen LogP contribution in [0.25, 0.3) is 0 Å². The van der Waals surface area contributed by atoms with Crippen LogP contribution in [-0.4, -0.2) is 26.2 Å². The molecule has 0 amide bonds. The predicted octanol–water partition coefficient (Wildman–Crippen LogP) is 1.52. The van der Waals surface area contributed by atoms with Crippen molar-refractivity contribution >= 4 is 5.96 Å². The maximum Gasteiger partial charge on any atom is 0.192 e. The lowest BCUT2D eigenvalue weighted by Crippen LogP contribution is -2.37. The number of terminal acetylenes is 1. The summed E-state index contributed by atoms with van der Waals surface area (Å²) in [5.41, 5.74) is 2.31. The Kier molecular flexibility index (Phi) is 7.14. The molecule has 0 aromatic heterocycles. The molecule has 0 spiro atoms. The third kappa shape index (κ3) is 5.45. The number of guanidine groups is 1. The Morgan fingerprint density at radius 1 is 1.32 bits per heavy atom. The number of hydrogen-bond donors (Lipinski definition) is 2. The summed E-state index contributed by atoms with van der Waals surface area (Å²) in [5.74, 6) is 3.26. The largest absolute Gasteiger partial charge is 0.380 e. The van der Waals surface area contributed by atoms with Gasteiger partial charge in [0.2, 0.25) is 0 Å². The highest BCUT2D eigenvalue weighted by molar-refractivity contribution is 5.80. The van der Waals surface area contributed by atoms with Crippen LogP contribution in [0.15, 0.2) is 29.3 Å². The minimum atomic E-state index is 0.464. The molecule has 0 aliphatic rings. The van der Waals surface area contributed by atoms with E-state index in [2.05, 4.69) is 33.7 Å². The van der Waals surface area contributed by atoms with Gasteiger partial charge in [-0.05, 0) is 18.1 Å². The first-order chi connectivity index (χ1) is 9.31.